The molecule has 54 heavy (non-hydrogen) atoms. The maximum absolute atomic E-state index is 2.58. The molecule has 0 unspecified atom stereocenters. The van der Waals surface area contributed by atoms with Crippen LogP contribution in [0.5, 0.6) is 0 Å². The van der Waals surface area contributed by atoms with Gasteiger partial charge in [0.2, 0.25) is 0 Å². The normalized spacial score (nSPS) is 11.7. The Morgan fingerprint density at radius 1 is 0.333 bits per heavy atom. The van der Waals surface area contributed by atoms with Gasteiger partial charge in [0.15, 0.2) is 0 Å². The van der Waals surface area contributed by atoms with Gasteiger partial charge in [0.05, 0.1) is 0 Å². The van der Waals surface area contributed by atoms with E-state index >= 15 is 0 Å². The molecule has 0 aliphatic carbocycles. The molecular formula is C50H78S4. The summed E-state index contributed by atoms with van der Waals surface area (Å²) in [5.41, 5.74) is 3.19. The minimum atomic E-state index is 1.21. The molecular weight excluding hydrogens is 729 g/mol. The van der Waals surface area contributed by atoms with Crippen LogP contribution < -0.4 is 0 Å². The number of rotatable bonds is 33. The summed E-state index contributed by atoms with van der Waals surface area (Å²) < 4.78 is 0. The Bertz CT molecular complexity index is 1490. The van der Waals surface area contributed by atoms with Gasteiger partial charge in [-0.25, -0.2) is 0 Å². The van der Waals surface area contributed by atoms with Crippen molar-refractivity contribution in [3.63, 3.8) is 0 Å². The van der Waals surface area contributed by atoms with Gasteiger partial charge in [-0.05, 0) is 87.1 Å². The third-order valence-electron chi connectivity index (χ3n) is 11.5. The first kappa shape index (κ1) is 45.5. The van der Waals surface area contributed by atoms with Crippen molar-refractivity contribution in [2.75, 3.05) is 0 Å². The molecule has 0 aromatic carbocycles. The van der Waals surface area contributed by atoms with E-state index in [-0.39, 0.29) is 0 Å². The summed E-state index contributed by atoms with van der Waals surface area (Å²) >= 11 is 8.02. The van der Waals surface area contributed by atoms with Crippen LogP contribution in [0.25, 0.3) is 29.3 Å². The van der Waals surface area contributed by atoms with Crippen LogP contribution in [-0.2, 0) is 12.8 Å². The molecule has 4 rings (SSSR count). The Hall–Kier alpha value is -1.20. The lowest BCUT2D eigenvalue weighted by Gasteiger charge is -2.04. The van der Waals surface area contributed by atoms with Crippen LogP contribution in [0.3, 0.4) is 0 Å². The molecule has 0 radical (unpaired) electrons. The first-order valence-corrected chi connectivity index (χ1v) is 26.2. The summed E-state index contributed by atoms with van der Waals surface area (Å²) in [6, 6.07) is 14.5. The van der Waals surface area contributed by atoms with E-state index in [1.807, 2.05) is 34.0 Å². The molecule has 0 N–H and O–H groups in total. The third-order valence-corrected chi connectivity index (χ3v) is 16.4. The Labute approximate surface area is 350 Å². The fourth-order valence-electron chi connectivity index (χ4n) is 8.01. The Morgan fingerprint density at radius 3 is 1.17 bits per heavy atom. The van der Waals surface area contributed by atoms with E-state index in [4.69, 9.17) is 0 Å². The van der Waals surface area contributed by atoms with Crippen LogP contribution in [0.2, 0.25) is 0 Å². The third kappa shape index (κ3) is 17.5. The van der Waals surface area contributed by atoms with Gasteiger partial charge in [0.25, 0.3) is 0 Å². The van der Waals surface area contributed by atoms with Crippen LogP contribution in [0.4, 0.5) is 0 Å². The minimum absolute atomic E-state index is 1.21. The van der Waals surface area contributed by atoms with E-state index in [9.17, 15) is 0 Å². The van der Waals surface area contributed by atoms with Crippen molar-refractivity contribution in [2.45, 2.75) is 220 Å². The van der Waals surface area contributed by atoms with Gasteiger partial charge < -0.3 is 0 Å². The van der Waals surface area contributed by atoms with Gasteiger partial charge in [-0.1, -0.05) is 181 Å². The van der Waals surface area contributed by atoms with Gasteiger partial charge in [-0.2, -0.15) is 0 Å². The van der Waals surface area contributed by atoms with Crippen LogP contribution in [-0.4, -0.2) is 0 Å². The van der Waals surface area contributed by atoms with E-state index < -0.39 is 0 Å². The lowest BCUT2D eigenvalue weighted by molar-refractivity contribution is 0.535. The molecule has 0 spiro atoms. The van der Waals surface area contributed by atoms with Crippen LogP contribution >= 0.6 is 45.3 Å². The Balaban J connectivity index is 1.21. The number of hydrogen-bond acceptors (Lipinski definition) is 4. The summed E-state index contributed by atoms with van der Waals surface area (Å²) in [6.45, 7) is 9.21. The number of unbranched alkanes of at least 4 members (excludes halogenated alkanes) is 26. The number of hydrogen-bond donors (Lipinski definition) is 0. The van der Waals surface area contributed by atoms with Crippen LogP contribution in [0.15, 0.2) is 36.4 Å². The smallest absolute Gasteiger partial charge is 0.0481 e. The highest BCUT2D eigenvalue weighted by Gasteiger charge is 2.17. The molecule has 0 amide bonds. The molecule has 4 aromatic heterocycles. The molecule has 0 nitrogen and oxygen atoms in total. The Morgan fingerprint density at radius 2 is 0.704 bits per heavy atom. The number of thiophene rings is 4. The average Bonchev–Trinajstić information content (AvgIpc) is 3.99. The molecule has 0 atom stereocenters. The van der Waals surface area contributed by atoms with E-state index in [1.54, 1.807) is 11.1 Å². The summed E-state index contributed by atoms with van der Waals surface area (Å²) in [6.07, 6.45) is 42.4. The summed E-state index contributed by atoms with van der Waals surface area (Å²) in [4.78, 5) is 11.8. The van der Waals surface area contributed by atoms with Crippen LogP contribution in [0.1, 0.15) is 215 Å². The summed E-state index contributed by atoms with van der Waals surface area (Å²) in [5, 5.41) is 0. The zero-order chi connectivity index (χ0) is 38.1. The average molecular weight is 807 g/mol. The fraction of sp³-hybridized carbons (Fsp3) is 0.680. The predicted molar refractivity (Wildman–Crippen MR) is 252 cm³/mol. The zero-order valence-corrected chi connectivity index (χ0v) is 38.6. The Kier molecular flexibility index (Phi) is 23.8. The van der Waals surface area contributed by atoms with Gasteiger partial charge >= 0.3 is 0 Å². The molecule has 0 saturated heterocycles. The van der Waals surface area contributed by atoms with Gasteiger partial charge in [-0.3, -0.25) is 0 Å². The van der Waals surface area contributed by atoms with Crippen molar-refractivity contribution in [3.8, 4) is 29.3 Å². The minimum Gasteiger partial charge on any atom is -0.140 e. The second-order valence-electron chi connectivity index (χ2n) is 16.4. The largest absolute Gasteiger partial charge is 0.140 e. The molecule has 0 fully saturated rings. The molecule has 4 heteroatoms. The lowest BCUT2D eigenvalue weighted by atomic mass is 10.0. The van der Waals surface area contributed by atoms with Crippen molar-refractivity contribution in [2.24, 2.45) is 0 Å². The number of aryl methyl sites for hydroxylation is 4. The molecule has 0 bridgehead atoms. The molecule has 4 heterocycles. The SMILES string of the molecule is CCCCCCCCCCCCCCCCc1cc(-c2cc(CCCCCCCCCCCCCCCC)c(-c3ccc(-c4ccc(C)s4)s3)s2)sc1C. The summed E-state index contributed by atoms with van der Waals surface area (Å²) in [5.74, 6) is 0. The van der Waals surface area contributed by atoms with Crippen molar-refractivity contribution in [3.05, 3.63) is 57.3 Å². The second-order valence-corrected chi connectivity index (χ2v) is 21.1. The standard InChI is InChI=1S/C50H78S4/c1-5-7-9-11-13-15-17-19-21-23-25-27-29-31-33-43-39-48(52-42(43)4)49-40-44(34-32-30-28-26-24-22-20-18-16-14-12-10-8-6-2)50(54-49)47-38-37-46(53-47)45-36-35-41(3)51-45/h35-40H,5-34H2,1-4H3. The van der Waals surface area contributed by atoms with E-state index in [0.717, 1.165) is 0 Å². The van der Waals surface area contributed by atoms with E-state index in [1.165, 1.54) is 232 Å². The summed E-state index contributed by atoms with van der Waals surface area (Å²) in [7, 11) is 0. The molecule has 0 saturated carbocycles. The lowest BCUT2D eigenvalue weighted by Crippen LogP contribution is -1.87. The second kappa shape index (κ2) is 28.2. The predicted octanol–water partition coefficient (Wildman–Crippen LogP) is 19.6. The van der Waals surface area contributed by atoms with Crippen molar-refractivity contribution in [1.82, 2.24) is 0 Å². The maximum Gasteiger partial charge on any atom is 0.0481 e. The maximum atomic E-state index is 2.58. The molecule has 0 aliphatic heterocycles. The molecule has 302 valence electrons. The molecule has 0 aliphatic rings. The van der Waals surface area contributed by atoms with Gasteiger partial charge in [-0.15, -0.1) is 45.3 Å². The van der Waals surface area contributed by atoms with E-state index in [0.29, 0.717) is 0 Å². The molecule has 4 aromatic rings. The van der Waals surface area contributed by atoms with Gasteiger partial charge in [0, 0.05) is 39.0 Å². The van der Waals surface area contributed by atoms with Crippen molar-refractivity contribution in [1.29, 1.82) is 0 Å². The van der Waals surface area contributed by atoms with Crippen molar-refractivity contribution < 1.29 is 0 Å². The quantitative estimate of drug-likeness (QED) is 0.0421. The zero-order valence-electron chi connectivity index (χ0n) is 35.3. The van der Waals surface area contributed by atoms with E-state index in [2.05, 4.69) is 75.4 Å². The monoisotopic (exact) mass is 806 g/mol. The fourth-order valence-corrected chi connectivity index (χ4v) is 12.5. The van der Waals surface area contributed by atoms with Crippen LogP contribution in [0, 0.1) is 13.8 Å². The topological polar surface area (TPSA) is 0 Å². The highest BCUT2D eigenvalue weighted by atomic mass is 32.1. The highest BCUT2D eigenvalue weighted by Crippen LogP contribution is 2.46. The highest BCUT2D eigenvalue weighted by molar-refractivity contribution is 7.28. The first-order valence-electron chi connectivity index (χ1n) is 23.0. The van der Waals surface area contributed by atoms with Gasteiger partial charge in [0.1, 0.15) is 0 Å². The van der Waals surface area contributed by atoms with Crippen molar-refractivity contribution >= 4 is 45.3 Å². The first-order chi connectivity index (χ1) is 26.6.